The molecule has 1 aliphatic heterocycles. The van der Waals surface area contributed by atoms with Crippen molar-refractivity contribution in [2.45, 2.75) is 13.0 Å². The van der Waals surface area contributed by atoms with Crippen LogP contribution < -0.4 is 14.8 Å². The third-order valence-electron chi connectivity index (χ3n) is 3.12. The van der Waals surface area contributed by atoms with Gasteiger partial charge in [0.2, 0.25) is 0 Å². The van der Waals surface area contributed by atoms with Gasteiger partial charge in [-0.1, -0.05) is 15.9 Å². The molecule has 21 heavy (non-hydrogen) atoms. The average Bonchev–Trinajstić information content (AvgIpc) is 3.00. The van der Waals surface area contributed by atoms with Crippen molar-refractivity contribution in [3.63, 3.8) is 0 Å². The summed E-state index contributed by atoms with van der Waals surface area (Å²) in [4.78, 5) is 12.0. The summed E-state index contributed by atoms with van der Waals surface area (Å²) in [6.45, 7) is 2.94. The number of carbonyl (C=O) groups excluding carboxylic acids is 1. The van der Waals surface area contributed by atoms with Crippen molar-refractivity contribution in [2.24, 2.45) is 0 Å². The van der Waals surface area contributed by atoms with Gasteiger partial charge < -0.3 is 14.8 Å². The monoisotopic (exact) mass is 352 g/mol. The molecule has 0 bridgehead atoms. The molecular formula is C13H13BrN4O3. The van der Waals surface area contributed by atoms with Crippen LogP contribution in [0.15, 0.2) is 22.8 Å². The number of hydrogen-bond acceptors (Lipinski definition) is 5. The van der Waals surface area contributed by atoms with E-state index in [0.717, 1.165) is 10.0 Å². The van der Waals surface area contributed by atoms with Gasteiger partial charge in [-0.25, -0.2) is 0 Å². The fourth-order valence-electron chi connectivity index (χ4n) is 2.07. The summed E-state index contributed by atoms with van der Waals surface area (Å²) in [5.41, 5.74) is 1.15. The minimum absolute atomic E-state index is 0.223. The van der Waals surface area contributed by atoms with Crippen LogP contribution in [-0.4, -0.2) is 34.5 Å². The first kappa shape index (κ1) is 13.9. The predicted octanol–water partition coefficient (Wildman–Crippen LogP) is 1.83. The number of amides is 1. The molecule has 1 atom stereocenters. The zero-order valence-corrected chi connectivity index (χ0v) is 12.8. The Labute approximate surface area is 129 Å². The maximum atomic E-state index is 12.0. The van der Waals surface area contributed by atoms with E-state index in [1.54, 1.807) is 0 Å². The Morgan fingerprint density at radius 3 is 2.76 bits per heavy atom. The van der Waals surface area contributed by atoms with E-state index in [0.29, 0.717) is 24.7 Å². The van der Waals surface area contributed by atoms with Gasteiger partial charge in [0.25, 0.3) is 5.91 Å². The van der Waals surface area contributed by atoms with Crippen LogP contribution >= 0.6 is 15.9 Å². The average molecular weight is 353 g/mol. The molecule has 110 valence electrons. The van der Waals surface area contributed by atoms with Crippen LogP contribution in [0.3, 0.4) is 0 Å². The number of hydrogen-bond donors (Lipinski definition) is 2. The van der Waals surface area contributed by atoms with Crippen LogP contribution in [0.1, 0.15) is 29.0 Å². The Morgan fingerprint density at radius 2 is 2.10 bits per heavy atom. The molecule has 8 heteroatoms. The van der Waals surface area contributed by atoms with Crippen molar-refractivity contribution in [1.82, 2.24) is 20.7 Å². The third-order valence-corrected chi connectivity index (χ3v) is 3.81. The van der Waals surface area contributed by atoms with Crippen LogP contribution in [-0.2, 0) is 0 Å². The van der Waals surface area contributed by atoms with Gasteiger partial charge in [0.15, 0.2) is 17.2 Å². The van der Waals surface area contributed by atoms with Crippen LogP contribution in [0, 0.1) is 0 Å². The SMILES string of the molecule is C[C@H](NC(=O)c1cn[nH]n1)c1cc2c(cc1Br)OCCO2. The fraction of sp³-hybridized carbons (Fsp3) is 0.308. The lowest BCUT2D eigenvalue weighted by Gasteiger charge is -2.22. The second kappa shape index (κ2) is 5.72. The number of halogens is 1. The van der Waals surface area contributed by atoms with Gasteiger partial charge in [-0.3, -0.25) is 4.79 Å². The number of aromatic nitrogens is 3. The summed E-state index contributed by atoms with van der Waals surface area (Å²) >= 11 is 3.49. The highest BCUT2D eigenvalue weighted by Gasteiger charge is 2.20. The smallest absolute Gasteiger partial charge is 0.273 e. The molecule has 0 aliphatic carbocycles. The molecule has 0 radical (unpaired) electrons. The summed E-state index contributed by atoms with van der Waals surface area (Å²) in [5.74, 6) is 1.09. The lowest BCUT2D eigenvalue weighted by Crippen LogP contribution is -2.27. The van der Waals surface area contributed by atoms with E-state index in [9.17, 15) is 4.79 Å². The quantitative estimate of drug-likeness (QED) is 0.879. The second-order valence-electron chi connectivity index (χ2n) is 4.57. The van der Waals surface area contributed by atoms with Crippen molar-refractivity contribution in [1.29, 1.82) is 0 Å². The Bertz CT molecular complexity index is 660. The normalized spacial score (nSPS) is 14.6. The van der Waals surface area contributed by atoms with Crippen molar-refractivity contribution in [3.05, 3.63) is 34.1 Å². The number of benzene rings is 1. The predicted molar refractivity (Wildman–Crippen MR) is 77.4 cm³/mol. The Hall–Kier alpha value is -2.09. The van der Waals surface area contributed by atoms with Gasteiger partial charge in [0.1, 0.15) is 13.2 Å². The maximum Gasteiger partial charge on any atom is 0.273 e. The molecule has 0 unspecified atom stereocenters. The topological polar surface area (TPSA) is 89.1 Å². The van der Waals surface area contributed by atoms with E-state index in [1.165, 1.54) is 6.20 Å². The zero-order chi connectivity index (χ0) is 14.8. The minimum Gasteiger partial charge on any atom is -0.486 e. The number of ether oxygens (including phenoxy) is 2. The summed E-state index contributed by atoms with van der Waals surface area (Å²) in [6, 6.07) is 3.49. The first-order valence-electron chi connectivity index (χ1n) is 6.41. The molecule has 2 heterocycles. The van der Waals surface area contributed by atoms with Crippen molar-refractivity contribution in [3.8, 4) is 11.5 Å². The number of fused-ring (bicyclic) bond motifs is 1. The summed E-state index contributed by atoms with van der Waals surface area (Å²) in [7, 11) is 0. The summed E-state index contributed by atoms with van der Waals surface area (Å²) in [6.07, 6.45) is 1.38. The second-order valence-corrected chi connectivity index (χ2v) is 5.42. The molecule has 0 spiro atoms. The molecule has 2 aromatic rings. The maximum absolute atomic E-state index is 12.0. The Balaban J connectivity index is 1.81. The third kappa shape index (κ3) is 2.85. The van der Waals surface area contributed by atoms with Crippen LogP contribution in [0.4, 0.5) is 0 Å². The number of aromatic amines is 1. The van der Waals surface area contributed by atoms with Crippen molar-refractivity contribution >= 4 is 21.8 Å². The number of nitrogens with one attached hydrogen (secondary N) is 2. The lowest BCUT2D eigenvalue weighted by molar-refractivity contribution is 0.0934. The molecular weight excluding hydrogens is 340 g/mol. The molecule has 7 nitrogen and oxygen atoms in total. The van der Waals surface area contributed by atoms with E-state index >= 15 is 0 Å². The van der Waals surface area contributed by atoms with Crippen LogP contribution in [0.2, 0.25) is 0 Å². The van der Waals surface area contributed by atoms with Gasteiger partial charge in [0.05, 0.1) is 12.2 Å². The fourth-order valence-corrected chi connectivity index (χ4v) is 2.74. The molecule has 2 N–H and O–H groups in total. The largest absolute Gasteiger partial charge is 0.486 e. The Kier molecular flexibility index (Phi) is 3.78. The van der Waals surface area contributed by atoms with E-state index < -0.39 is 0 Å². The van der Waals surface area contributed by atoms with Gasteiger partial charge in [-0.05, 0) is 24.6 Å². The molecule has 3 rings (SSSR count). The molecule has 0 fully saturated rings. The van der Waals surface area contributed by atoms with E-state index in [1.807, 2.05) is 19.1 Å². The van der Waals surface area contributed by atoms with Crippen LogP contribution in [0.5, 0.6) is 11.5 Å². The molecule has 1 amide bonds. The minimum atomic E-state index is -0.293. The highest BCUT2D eigenvalue weighted by atomic mass is 79.9. The standard InChI is InChI=1S/C13H13BrN4O3/c1-7(16-13(19)10-6-15-18-17-10)8-4-11-12(5-9(8)14)21-3-2-20-11/h4-7H,2-3H2,1H3,(H,16,19)(H,15,17,18)/t7-/m0/s1. The first-order valence-corrected chi connectivity index (χ1v) is 7.20. The van der Waals surface area contributed by atoms with Crippen molar-refractivity contribution < 1.29 is 14.3 Å². The first-order chi connectivity index (χ1) is 10.1. The summed E-state index contributed by atoms with van der Waals surface area (Å²) in [5, 5.41) is 12.6. The lowest BCUT2D eigenvalue weighted by atomic mass is 10.1. The highest BCUT2D eigenvalue weighted by Crippen LogP contribution is 2.37. The van der Waals surface area contributed by atoms with Gasteiger partial charge in [0, 0.05) is 4.47 Å². The summed E-state index contributed by atoms with van der Waals surface area (Å²) < 4.78 is 11.9. The van der Waals surface area contributed by atoms with Gasteiger partial charge in [-0.15, -0.1) is 0 Å². The van der Waals surface area contributed by atoms with Crippen molar-refractivity contribution in [2.75, 3.05) is 13.2 Å². The highest BCUT2D eigenvalue weighted by molar-refractivity contribution is 9.10. The number of nitrogens with zero attached hydrogens (tertiary/aromatic N) is 2. The molecule has 0 saturated carbocycles. The molecule has 1 aromatic heterocycles. The number of rotatable bonds is 3. The van der Waals surface area contributed by atoms with E-state index in [-0.39, 0.29) is 17.6 Å². The van der Waals surface area contributed by atoms with Gasteiger partial charge >= 0.3 is 0 Å². The van der Waals surface area contributed by atoms with Gasteiger partial charge in [-0.2, -0.15) is 15.4 Å². The molecule has 1 aromatic carbocycles. The molecule has 0 saturated heterocycles. The van der Waals surface area contributed by atoms with E-state index in [4.69, 9.17) is 9.47 Å². The Morgan fingerprint density at radius 1 is 1.38 bits per heavy atom. The molecule has 1 aliphatic rings. The number of H-pyrrole nitrogens is 1. The van der Waals surface area contributed by atoms with E-state index in [2.05, 4.69) is 36.7 Å². The number of carbonyl (C=O) groups is 1. The zero-order valence-electron chi connectivity index (χ0n) is 11.2. The van der Waals surface area contributed by atoms with Crippen LogP contribution in [0.25, 0.3) is 0 Å².